The summed E-state index contributed by atoms with van der Waals surface area (Å²) in [4.78, 5) is 8.20. The molecule has 30 heavy (non-hydrogen) atoms. The van der Waals surface area contributed by atoms with E-state index in [2.05, 4.69) is 71.4 Å². The van der Waals surface area contributed by atoms with Gasteiger partial charge >= 0.3 is 0 Å². The second-order valence-electron chi connectivity index (χ2n) is 10.6. The Morgan fingerprint density at radius 1 is 1.00 bits per heavy atom. The molecule has 3 aromatic rings. The van der Waals surface area contributed by atoms with Gasteiger partial charge in [0.15, 0.2) is 0 Å². The highest BCUT2D eigenvalue weighted by Crippen LogP contribution is 2.69. The molecule has 2 aromatic heterocycles. The molecule has 8 rings (SSSR count). The van der Waals surface area contributed by atoms with Crippen LogP contribution in [-0.2, 0) is 12.6 Å². The molecule has 3 heterocycles. The first-order chi connectivity index (χ1) is 14.6. The minimum Gasteiger partial charge on any atom is -0.351 e. The Labute approximate surface area is 178 Å². The number of anilines is 1. The van der Waals surface area contributed by atoms with E-state index in [1.807, 2.05) is 0 Å². The van der Waals surface area contributed by atoms with Gasteiger partial charge in [0.2, 0.25) is 5.78 Å². The smallest absolute Gasteiger partial charge is 0.214 e. The summed E-state index contributed by atoms with van der Waals surface area (Å²) in [5, 5.41) is 0. The van der Waals surface area contributed by atoms with Gasteiger partial charge in [-0.3, -0.25) is 4.40 Å². The van der Waals surface area contributed by atoms with Crippen molar-refractivity contribution in [1.82, 2.24) is 14.0 Å². The summed E-state index contributed by atoms with van der Waals surface area (Å²) in [5.74, 6) is 4.55. The van der Waals surface area contributed by atoms with Crippen LogP contribution in [0.25, 0.3) is 5.78 Å². The lowest BCUT2D eigenvalue weighted by atomic mass is 9.47. The highest BCUT2D eigenvalue weighted by Gasteiger charge is 2.66. The lowest BCUT2D eigenvalue weighted by Gasteiger charge is -2.63. The van der Waals surface area contributed by atoms with Crippen LogP contribution in [0.15, 0.2) is 36.7 Å². The zero-order valence-electron chi connectivity index (χ0n) is 18.4. The second kappa shape index (κ2) is 5.72. The van der Waals surface area contributed by atoms with Gasteiger partial charge < -0.3 is 9.47 Å². The first-order valence-electron chi connectivity index (χ1n) is 12.0. The van der Waals surface area contributed by atoms with Crippen LogP contribution in [0.2, 0.25) is 0 Å². The van der Waals surface area contributed by atoms with Gasteiger partial charge in [-0.25, -0.2) is 4.98 Å². The third kappa shape index (κ3) is 1.88. The number of aryl methyl sites for hydroxylation is 2. The van der Waals surface area contributed by atoms with Crippen molar-refractivity contribution in [1.29, 1.82) is 0 Å². The molecule has 1 spiro atoms. The fourth-order valence-corrected chi connectivity index (χ4v) is 8.45. The predicted octanol–water partition coefficient (Wildman–Crippen LogP) is 5.60. The summed E-state index contributed by atoms with van der Waals surface area (Å²) in [5.41, 5.74) is 5.86. The number of benzene rings is 1. The number of rotatable bonds is 2. The molecule has 0 saturated heterocycles. The molecular weight excluding hydrogens is 368 g/mol. The molecule has 0 radical (unpaired) electrons. The van der Waals surface area contributed by atoms with Crippen molar-refractivity contribution in [3.8, 4) is 0 Å². The molecule has 4 aliphatic carbocycles. The van der Waals surface area contributed by atoms with Crippen molar-refractivity contribution < 1.29 is 0 Å². The maximum absolute atomic E-state index is 5.30. The topological polar surface area (TPSA) is 25.5 Å². The third-order valence-corrected chi connectivity index (χ3v) is 9.22. The lowest BCUT2D eigenvalue weighted by molar-refractivity contribution is -0.0627. The Hall–Kier alpha value is -2.23. The minimum atomic E-state index is 0.107. The molecule has 4 bridgehead atoms. The van der Waals surface area contributed by atoms with Crippen molar-refractivity contribution in [2.45, 2.75) is 64.0 Å². The van der Waals surface area contributed by atoms with Gasteiger partial charge in [-0.15, -0.1) is 0 Å². The van der Waals surface area contributed by atoms with Crippen LogP contribution in [0.1, 0.15) is 68.4 Å². The lowest BCUT2D eigenvalue weighted by Crippen LogP contribution is -2.62. The summed E-state index contributed by atoms with van der Waals surface area (Å²) in [7, 11) is 2.14. The van der Waals surface area contributed by atoms with Crippen LogP contribution in [-0.4, -0.2) is 14.0 Å². The fourth-order valence-electron chi connectivity index (χ4n) is 8.45. The number of hydrogen-bond donors (Lipinski definition) is 0. The normalized spacial score (nSPS) is 36.4. The van der Waals surface area contributed by atoms with Crippen molar-refractivity contribution in [2.24, 2.45) is 30.7 Å². The average molecular weight is 401 g/mol. The van der Waals surface area contributed by atoms with E-state index < -0.39 is 0 Å². The third-order valence-electron chi connectivity index (χ3n) is 9.22. The Morgan fingerprint density at radius 3 is 2.37 bits per heavy atom. The summed E-state index contributed by atoms with van der Waals surface area (Å²) in [6, 6.07) is 9.48. The molecule has 1 unspecified atom stereocenters. The van der Waals surface area contributed by atoms with E-state index in [0.717, 1.165) is 35.9 Å². The van der Waals surface area contributed by atoms with Crippen molar-refractivity contribution in [3.05, 3.63) is 53.6 Å². The van der Waals surface area contributed by atoms with E-state index >= 15 is 0 Å². The molecule has 5 aliphatic rings. The van der Waals surface area contributed by atoms with Crippen LogP contribution in [0.3, 0.4) is 0 Å². The van der Waals surface area contributed by atoms with E-state index in [9.17, 15) is 0 Å². The van der Waals surface area contributed by atoms with E-state index in [1.165, 1.54) is 49.0 Å². The minimum absolute atomic E-state index is 0.107. The molecule has 0 N–H and O–H groups in total. The quantitative estimate of drug-likeness (QED) is 0.559. The maximum atomic E-state index is 5.30. The van der Waals surface area contributed by atoms with Crippen LogP contribution < -0.4 is 4.90 Å². The summed E-state index contributed by atoms with van der Waals surface area (Å²) in [6.07, 6.45) is 12.7. The van der Waals surface area contributed by atoms with E-state index in [-0.39, 0.29) is 5.54 Å². The first kappa shape index (κ1) is 17.5. The maximum Gasteiger partial charge on any atom is 0.214 e. The zero-order valence-corrected chi connectivity index (χ0v) is 18.4. The SMILES string of the molecule is CCC1c2nc3n(C)ccn3c2C2(C3CC4CC(C3)CC2C4)N1c1ccccc1C. The van der Waals surface area contributed by atoms with Crippen molar-refractivity contribution in [3.63, 3.8) is 0 Å². The molecule has 4 saturated carbocycles. The largest absolute Gasteiger partial charge is 0.351 e. The molecule has 4 fully saturated rings. The van der Waals surface area contributed by atoms with Crippen LogP contribution >= 0.6 is 0 Å². The van der Waals surface area contributed by atoms with Gasteiger partial charge in [-0.1, -0.05) is 25.1 Å². The van der Waals surface area contributed by atoms with E-state index in [1.54, 1.807) is 5.69 Å². The Kier molecular flexibility index (Phi) is 3.32. The molecular formula is C26H32N4. The van der Waals surface area contributed by atoms with Gasteiger partial charge in [0, 0.05) is 25.1 Å². The highest BCUT2D eigenvalue weighted by molar-refractivity contribution is 5.65. The Balaban J connectivity index is 1.56. The first-order valence-corrected chi connectivity index (χ1v) is 12.0. The summed E-state index contributed by atoms with van der Waals surface area (Å²) < 4.78 is 4.67. The molecule has 0 amide bonds. The van der Waals surface area contributed by atoms with E-state index in [4.69, 9.17) is 4.98 Å². The number of aromatic nitrogens is 3. The molecule has 1 aliphatic heterocycles. The fraction of sp³-hybridized carbons (Fsp3) is 0.577. The van der Waals surface area contributed by atoms with Gasteiger partial charge in [0.1, 0.15) is 0 Å². The van der Waals surface area contributed by atoms with Gasteiger partial charge in [0.05, 0.1) is 23.0 Å². The van der Waals surface area contributed by atoms with Crippen LogP contribution in [0.4, 0.5) is 5.69 Å². The summed E-state index contributed by atoms with van der Waals surface area (Å²) in [6.45, 7) is 4.66. The number of fused-ring (bicyclic) bond motifs is 3. The monoisotopic (exact) mass is 400 g/mol. The molecule has 156 valence electrons. The number of hydrogen-bond acceptors (Lipinski definition) is 2. The molecule has 1 aromatic carbocycles. The van der Waals surface area contributed by atoms with Crippen molar-refractivity contribution in [2.75, 3.05) is 4.90 Å². The number of imidazole rings is 2. The molecule has 4 heteroatoms. The standard InChI is InChI=1S/C26H32N4/c1-4-21-23-24(29-10-9-28(3)25(29)27-23)26(30(21)22-8-6-5-7-16(22)2)19-12-17-11-18(14-19)15-20(26)13-17/h5-10,17-21H,4,11-15H2,1-3H3. The predicted molar refractivity (Wildman–Crippen MR) is 120 cm³/mol. The Bertz CT molecular complexity index is 1120. The number of nitrogens with zero attached hydrogens (tertiary/aromatic N) is 4. The Morgan fingerprint density at radius 2 is 1.70 bits per heavy atom. The van der Waals surface area contributed by atoms with E-state index in [0.29, 0.717) is 6.04 Å². The molecule has 1 atom stereocenters. The van der Waals surface area contributed by atoms with Crippen LogP contribution in [0, 0.1) is 30.6 Å². The average Bonchev–Trinajstić information content (AvgIpc) is 3.35. The second-order valence-corrected chi connectivity index (χ2v) is 10.6. The highest BCUT2D eigenvalue weighted by atomic mass is 15.3. The van der Waals surface area contributed by atoms with Crippen molar-refractivity contribution >= 4 is 11.5 Å². The summed E-state index contributed by atoms with van der Waals surface area (Å²) >= 11 is 0. The number of para-hydroxylation sites is 1. The van der Waals surface area contributed by atoms with Gasteiger partial charge in [0.25, 0.3) is 0 Å². The molecule has 4 nitrogen and oxygen atoms in total. The van der Waals surface area contributed by atoms with Gasteiger partial charge in [-0.05, 0) is 80.8 Å². The van der Waals surface area contributed by atoms with Gasteiger partial charge in [-0.2, -0.15) is 0 Å². The van der Waals surface area contributed by atoms with Crippen LogP contribution in [0.5, 0.6) is 0 Å². The zero-order chi connectivity index (χ0) is 20.2.